The monoisotopic (exact) mass is 432 g/mol. The molecule has 4 nitrogen and oxygen atoms in total. The van der Waals surface area contributed by atoms with E-state index in [2.05, 4.69) is 36.4 Å². The normalized spacial score (nSPS) is 12.3. The van der Waals surface area contributed by atoms with Crippen molar-refractivity contribution in [3.05, 3.63) is 35.1 Å². The molecule has 0 radical (unpaired) electrons. The second-order valence-electron chi connectivity index (χ2n) is 5.86. The second-order valence-corrected chi connectivity index (χ2v) is 5.86. The van der Waals surface area contributed by atoms with E-state index in [9.17, 15) is 4.39 Å². The van der Waals surface area contributed by atoms with E-state index in [0.717, 1.165) is 12.8 Å². The topological polar surface area (TPSA) is 60.2 Å². The Hall–Kier alpha value is -1.36. The number of guanidine groups is 1. The number of benzene rings is 1. The van der Waals surface area contributed by atoms with E-state index in [1.165, 1.54) is 12.1 Å². The smallest absolute Gasteiger partial charge is 0.191 e. The van der Waals surface area contributed by atoms with Crippen LogP contribution in [0.3, 0.4) is 0 Å². The maximum Gasteiger partial charge on any atom is 0.191 e. The van der Waals surface area contributed by atoms with Crippen molar-refractivity contribution in [3.8, 4) is 6.07 Å². The molecule has 0 bridgehead atoms. The number of halogens is 2. The van der Waals surface area contributed by atoms with Gasteiger partial charge in [0.15, 0.2) is 5.96 Å². The molecule has 0 fully saturated rings. The van der Waals surface area contributed by atoms with E-state index in [-0.39, 0.29) is 36.3 Å². The molecule has 1 atom stereocenters. The van der Waals surface area contributed by atoms with Crippen LogP contribution in [0.15, 0.2) is 23.2 Å². The zero-order valence-electron chi connectivity index (χ0n) is 14.2. The van der Waals surface area contributed by atoms with Gasteiger partial charge in [-0.25, -0.2) is 4.39 Å². The highest BCUT2D eigenvalue weighted by Crippen LogP contribution is 2.10. The number of rotatable bonds is 6. The van der Waals surface area contributed by atoms with Gasteiger partial charge in [0.05, 0.1) is 11.6 Å². The molecule has 0 aliphatic carbocycles. The average Bonchev–Trinajstić information content (AvgIpc) is 2.50. The Kier molecular flexibility index (Phi) is 10.6. The SMILES string of the molecule is CN=C(NCc1cc(C#N)ccc1F)NC(C)CCC(C)C.I. The van der Waals surface area contributed by atoms with E-state index in [4.69, 9.17) is 5.26 Å². The summed E-state index contributed by atoms with van der Waals surface area (Å²) in [4.78, 5) is 4.15. The summed E-state index contributed by atoms with van der Waals surface area (Å²) < 4.78 is 13.7. The van der Waals surface area contributed by atoms with Crippen LogP contribution < -0.4 is 10.6 Å². The summed E-state index contributed by atoms with van der Waals surface area (Å²) in [7, 11) is 1.69. The van der Waals surface area contributed by atoms with Crippen LogP contribution in [-0.4, -0.2) is 19.0 Å². The first kappa shape index (κ1) is 21.6. The fourth-order valence-electron chi connectivity index (χ4n) is 2.04. The molecule has 1 aromatic carbocycles. The molecule has 1 aromatic rings. The molecule has 0 aliphatic rings. The average molecular weight is 432 g/mol. The van der Waals surface area contributed by atoms with Crippen LogP contribution in [0.5, 0.6) is 0 Å². The van der Waals surface area contributed by atoms with Gasteiger partial charge in [-0.2, -0.15) is 5.26 Å². The standard InChI is InChI=1S/C17H25FN4.HI/c1-12(2)5-6-13(3)22-17(20-4)21-11-15-9-14(10-19)7-8-16(15)18;/h7-9,12-13H,5-6,11H2,1-4H3,(H2,20,21,22);1H. The van der Waals surface area contributed by atoms with Gasteiger partial charge in [0.2, 0.25) is 0 Å². The van der Waals surface area contributed by atoms with Crippen LogP contribution in [0.4, 0.5) is 4.39 Å². The first-order chi connectivity index (χ1) is 10.5. The van der Waals surface area contributed by atoms with Crippen molar-refractivity contribution in [1.82, 2.24) is 10.6 Å². The van der Waals surface area contributed by atoms with Crippen LogP contribution in [-0.2, 0) is 6.54 Å². The number of nitriles is 1. The molecule has 6 heteroatoms. The van der Waals surface area contributed by atoms with Crippen molar-refractivity contribution < 1.29 is 4.39 Å². The van der Waals surface area contributed by atoms with Crippen LogP contribution in [0.2, 0.25) is 0 Å². The van der Waals surface area contributed by atoms with Gasteiger partial charge < -0.3 is 10.6 Å². The molecular formula is C17H26FIN4. The fourth-order valence-corrected chi connectivity index (χ4v) is 2.04. The van der Waals surface area contributed by atoms with Gasteiger partial charge in [-0.15, -0.1) is 24.0 Å². The van der Waals surface area contributed by atoms with Gasteiger partial charge in [0.1, 0.15) is 5.82 Å². The Balaban J connectivity index is 0.00000484. The molecule has 1 rings (SSSR count). The highest BCUT2D eigenvalue weighted by atomic mass is 127. The van der Waals surface area contributed by atoms with Gasteiger partial charge in [-0.1, -0.05) is 13.8 Å². The van der Waals surface area contributed by atoms with Gasteiger partial charge in [0.25, 0.3) is 0 Å². The third-order valence-electron chi connectivity index (χ3n) is 3.40. The van der Waals surface area contributed by atoms with Crippen molar-refractivity contribution in [2.75, 3.05) is 7.05 Å². The minimum absolute atomic E-state index is 0. The zero-order chi connectivity index (χ0) is 16.5. The molecule has 0 amide bonds. The highest BCUT2D eigenvalue weighted by Gasteiger charge is 2.08. The molecule has 0 heterocycles. The van der Waals surface area contributed by atoms with E-state index in [1.54, 1.807) is 13.1 Å². The number of hydrogen-bond donors (Lipinski definition) is 2. The summed E-state index contributed by atoms with van der Waals surface area (Å²) in [5.74, 6) is 0.981. The van der Waals surface area contributed by atoms with Crippen LogP contribution in [0.25, 0.3) is 0 Å². The third-order valence-corrected chi connectivity index (χ3v) is 3.40. The highest BCUT2D eigenvalue weighted by molar-refractivity contribution is 14.0. The lowest BCUT2D eigenvalue weighted by Gasteiger charge is -2.19. The van der Waals surface area contributed by atoms with E-state index < -0.39 is 0 Å². The Labute approximate surface area is 155 Å². The summed E-state index contributed by atoms with van der Waals surface area (Å²) in [5, 5.41) is 15.2. The molecule has 23 heavy (non-hydrogen) atoms. The number of nitrogens with one attached hydrogen (secondary N) is 2. The summed E-state index contributed by atoms with van der Waals surface area (Å²) in [6, 6.07) is 6.65. The summed E-state index contributed by atoms with van der Waals surface area (Å²) in [6.45, 7) is 6.79. The quantitative estimate of drug-likeness (QED) is 0.409. The van der Waals surface area contributed by atoms with Crippen LogP contribution in [0, 0.1) is 23.1 Å². The summed E-state index contributed by atoms with van der Waals surface area (Å²) in [6.07, 6.45) is 2.20. The Bertz CT molecular complexity index is 552. The molecule has 0 saturated heterocycles. The van der Waals surface area contributed by atoms with Crippen LogP contribution in [0.1, 0.15) is 44.7 Å². The minimum atomic E-state index is -0.324. The minimum Gasteiger partial charge on any atom is -0.354 e. The third kappa shape index (κ3) is 8.16. The molecule has 0 aromatic heterocycles. The molecule has 0 aliphatic heterocycles. The number of nitrogens with zero attached hydrogens (tertiary/aromatic N) is 2. The first-order valence-corrected chi connectivity index (χ1v) is 7.62. The van der Waals surface area contributed by atoms with E-state index in [0.29, 0.717) is 29.0 Å². The largest absolute Gasteiger partial charge is 0.354 e. The summed E-state index contributed by atoms with van der Waals surface area (Å²) >= 11 is 0. The predicted octanol–water partition coefficient (Wildman–Crippen LogP) is 3.81. The Morgan fingerprint density at radius 2 is 2.00 bits per heavy atom. The Morgan fingerprint density at radius 1 is 1.30 bits per heavy atom. The maximum atomic E-state index is 13.7. The van der Waals surface area contributed by atoms with E-state index >= 15 is 0 Å². The van der Waals surface area contributed by atoms with Crippen molar-refractivity contribution in [2.24, 2.45) is 10.9 Å². The number of hydrogen-bond acceptors (Lipinski definition) is 2. The molecule has 0 spiro atoms. The van der Waals surface area contributed by atoms with Gasteiger partial charge in [-0.3, -0.25) is 4.99 Å². The second kappa shape index (κ2) is 11.2. The first-order valence-electron chi connectivity index (χ1n) is 7.62. The molecular weight excluding hydrogens is 406 g/mol. The maximum absolute atomic E-state index is 13.7. The molecule has 0 saturated carbocycles. The lowest BCUT2D eigenvalue weighted by Crippen LogP contribution is -2.42. The van der Waals surface area contributed by atoms with Gasteiger partial charge in [-0.05, 0) is 43.9 Å². The van der Waals surface area contributed by atoms with E-state index in [1.807, 2.05) is 6.07 Å². The lowest BCUT2D eigenvalue weighted by atomic mass is 10.0. The lowest BCUT2D eigenvalue weighted by molar-refractivity contribution is 0.488. The zero-order valence-corrected chi connectivity index (χ0v) is 16.5. The van der Waals surface area contributed by atoms with Gasteiger partial charge >= 0.3 is 0 Å². The van der Waals surface area contributed by atoms with Crippen molar-refractivity contribution in [3.63, 3.8) is 0 Å². The van der Waals surface area contributed by atoms with Crippen molar-refractivity contribution in [2.45, 2.75) is 46.2 Å². The van der Waals surface area contributed by atoms with Crippen molar-refractivity contribution in [1.29, 1.82) is 5.26 Å². The van der Waals surface area contributed by atoms with Crippen LogP contribution >= 0.6 is 24.0 Å². The number of aliphatic imine (C=N–C) groups is 1. The molecule has 1 unspecified atom stereocenters. The van der Waals surface area contributed by atoms with Crippen molar-refractivity contribution >= 4 is 29.9 Å². The Morgan fingerprint density at radius 3 is 2.57 bits per heavy atom. The van der Waals surface area contributed by atoms with Gasteiger partial charge in [0, 0.05) is 25.2 Å². The fraction of sp³-hybridized carbons (Fsp3) is 0.529. The predicted molar refractivity (Wildman–Crippen MR) is 103 cm³/mol. The summed E-state index contributed by atoms with van der Waals surface area (Å²) in [5.41, 5.74) is 0.906. The molecule has 2 N–H and O–H groups in total. The molecule has 128 valence electrons.